The van der Waals surface area contributed by atoms with E-state index in [-0.39, 0.29) is 0 Å². The number of nitrogens with two attached hydrogens (primary N) is 1. The number of nitrogens with zero attached hydrogens (tertiary/aromatic N) is 1. The Morgan fingerprint density at radius 2 is 2.30 bits per heavy atom. The number of rotatable bonds is 0. The van der Waals surface area contributed by atoms with E-state index in [2.05, 4.69) is 10.9 Å². The second kappa shape index (κ2) is 2.40. The Bertz CT molecular complexity index is 284. The number of hydrogen-bond acceptors (Lipinski definition) is 2. The van der Waals surface area contributed by atoms with E-state index in [0.29, 0.717) is 11.5 Å². The average molecular weight is 132 g/mol. The highest BCUT2D eigenvalue weighted by atomic mass is 14.8. The monoisotopic (exact) mass is 132 g/mol. The first-order chi connectivity index (χ1) is 4.74. The Kier molecular flexibility index (Phi) is 1.59. The van der Waals surface area contributed by atoms with Crippen molar-refractivity contribution in [2.45, 2.75) is 6.92 Å². The third kappa shape index (κ3) is 1.08. The third-order valence-electron chi connectivity index (χ3n) is 1.26. The fourth-order valence-corrected chi connectivity index (χ4v) is 0.690. The van der Waals surface area contributed by atoms with Gasteiger partial charge in [-0.05, 0) is 24.5 Å². The highest BCUT2D eigenvalue weighted by molar-refractivity contribution is 5.40. The molecule has 2 nitrogen and oxygen atoms in total. The van der Waals surface area contributed by atoms with Gasteiger partial charge in [-0.15, -0.1) is 6.42 Å². The predicted octanol–water partition coefficient (Wildman–Crippen LogP) is 0.954. The second-order valence-corrected chi connectivity index (χ2v) is 2.05. The minimum absolute atomic E-state index is 0.471. The van der Waals surface area contributed by atoms with E-state index >= 15 is 0 Å². The van der Waals surface area contributed by atoms with Gasteiger partial charge in [-0.25, -0.2) is 4.98 Å². The maximum absolute atomic E-state index is 5.40. The molecule has 1 aromatic heterocycles. The maximum atomic E-state index is 5.40. The zero-order chi connectivity index (χ0) is 7.56. The summed E-state index contributed by atoms with van der Waals surface area (Å²) in [4.78, 5) is 3.93. The van der Waals surface area contributed by atoms with Crippen LogP contribution in [0.15, 0.2) is 12.1 Å². The quantitative estimate of drug-likeness (QED) is 0.534. The van der Waals surface area contributed by atoms with E-state index in [4.69, 9.17) is 12.2 Å². The van der Waals surface area contributed by atoms with Crippen molar-refractivity contribution >= 4 is 5.82 Å². The fourth-order valence-electron chi connectivity index (χ4n) is 0.690. The van der Waals surface area contributed by atoms with Crippen LogP contribution in [-0.4, -0.2) is 4.98 Å². The van der Waals surface area contributed by atoms with Gasteiger partial charge in [-0.3, -0.25) is 0 Å². The molecular weight excluding hydrogens is 124 g/mol. The van der Waals surface area contributed by atoms with E-state index in [1.54, 1.807) is 6.07 Å². The van der Waals surface area contributed by atoms with Gasteiger partial charge < -0.3 is 5.73 Å². The first-order valence-corrected chi connectivity index (χ1v) is 2.94. The summed E-state index contributed by atoms with van der Waals surface area (Å²) in [7, 11) is 0. The topological polar surface area (TPSA) is 38.9 Å². The standard InChI is InChI=1S/C8H8N2/c1-3-7-6(2)4-5-8(9)10-7/h1,4-5H,2H3,(H2,9,10). The summed E-state index contributed by atoms with van der Waals surface area (Å²) in [5, 5.41) is 0. The molecule has 0 aliphatic carbocycles. The zero-order valence-electron chi connectivity index (χ0n) is 5.76. The van der Waals surface area contributed by atoms with Crippen LogP contribution in [0.1, 0.15) is 11.3 Å². The SMILES string of the molecule is C#Cc1nc(N)ccc1C. The third-order valence-corrected chi connectivity index (χ3v) is 1.26. The molecule has 1 aromatic rings. The van der Waals surface area contributed by atoms with E-state index in [9.17, 15) is 0 Å². The molecule has 2 heteroatoms. The Labute approximate surface area is 60.1 Å². The van der Waals surface area contributed by atoms with Gasteiger partial charge >= 0.3 is 0 Å². The van der Waals surface area contributed by atoms with Gasteiger partial charge in [0.1, 0.15) is 11.5 Å². The summed E-state index contributed by atoms with van der Waals surface area (Å²) in [6.07, 6.45) is 5.15. The predicted molar refractivity (Wildman–Crippen MR) is 41.3 cm³/mol. The highest BCUT2D eigenvalue weighted by Crippen LogP contribution is 2.05. The summed E-state index contributed by atoms with van der Waals surface area (Å²) < 4.78 is 0. The lowest BCUT2D eigenvalue weighted by molar-refractivity contribution is 1.24. The normalized spacial score (nSPS) is 8.80. The van der Waals surface area contributed by atoms with Crippen LogP contribution in [0.4, 0.5) is 5.82 Å². The number of terminal acetylenes is 1. The molecule has 0 saturated heterocycles. The van der Waals surface area contributed by atoms with Gasteiger partial charge in [-0.2, -0.15) is 0 Å². The van der Waals surface area contributed by atoms with E-state index in [1.807, 2.05) is 13.0 Å². The molecular formula is C8H8N2. The van der Waals surface area contributed by atoms with Gasteiger partial charge in [0.15, 0.2) is 0 Å². The Morgan fingerprint density at radius 1 is 1.60 bits per heavy atom. The van der Waals surface area contributed by atoms with Crippen molar-refractivity contribution in [3.05, 3.63) is 23.4 Å². The summed E-state index contributed by atoms with van der Waals surface area (Å²) in [6.45, 7) is 1.90. The minimum atomic E-state index is 0.471. The molecule has 0 spiro atoms. The molecule has 0 fully saturated rings. The van der Waals surface area contributed by atoms with E-state index in [0.717, 1.165) is 5.56 Å². The van der Waals surface area contributed by atoms with Crippen LogP contribution < -0.4 is 5.73 Å². The second-order valence-electron chi connectivity index (χ2n) is 2.05. The lowest BCUT2D eigenvalue weighted by Crippen LogP contribution is -1.93. The van der Waals surface area contributed by atoms with Crippen molar-refractivity contribution in [1.82, 2.24) is 4.98 Å². The molecule has 1 heterocycles. The van der Waals surface area contributed by atoms with Crippen molar-refractivity contribution < 1.29 is 0 Å². The van der Waals surface area contributed by atoms with Gasteiger partial charge in [0, 0.05) is 0 Å². The zero-order valence-corrected chi connectivity index (χ0v) is 5.76. The smallest absolute Gasteiger partial charge is 0.124 e. The molecule has 50 valence electrons. The van der Waals surface area contributed by atoms with Crippen LogP contribution in [0.25, 0.3) is 0 Å². The molecule has 0 radical (unpaired) electrons. The number of aromatic nitrogens is 1. The van der Waals surface area contributed by atoms with Gasteiger partial charge in [0.25, 0.3) is 0 Å². The number of hydrogen-bond donors (Lipinski definition) is 1. The molecule has 0 bridgehead atoms. The van der Waals surface area contributed by atoms with Gasteiger partial charge in [-0.1, -0.05) is 6.07 Å². The lowest BCUT2D eigenvalue weighted by Gasteiger charge is -1.96. The molecule has 0 aliphatic heterocycles. The number of nitrogen functional groups attached to an aromatic ring is 1. The molecule has 1 rings (SSSR count). The number of pyridine rings is 1. The van der Waals surface area contributed by atoms with Crippen LogP contribution in [-0.2, 0) is 0 Å². The van der Waals surface area contributed by atoms with Crippen molar-refractivity contribution in [2.24, 2.45) is 0 Å². The molecule has 0 atom stereocenters. The minimum Gasteiger partial charge on any atom is -0.384 e. The number of aryl methyl sites for hydroxylation is 1. The van der Waals surface area contributed by atoms with Crippen LogP contribution in [0.5, 0.6) is 0 Å². The lowest BCUT2D eigenvalue weighted by atomic mass is 10.2. The molecule has 2 N–H and O–H groups in total. The summed E-state index contributed by atoms with van der Waals surface area (Å²) >= 11 is 0. The maximum Gasteiger partial charge on any atom is 0.124 e. The van der Waals surface area contributed by atoms with Crippen LogP contribution in [0, 0.1) is 19.3 Å². The van der Waals surface area contributed by atoms with E-state index < -0.39 is 0 Å². The van der Waals surface area contributed by atoms with Crippen LogP contribution in [0.3, 0.4) is 0 Å². The molecule has 10 heavy (non-hydrogen) atoms. The van der Waals surface area contributed by atoms with Gasteiger partial charge in [0.2, 0.25) is 0 Å². The molecule has 0 amide bonds. The molecule has 0 aliphatic rings. The summed E-state index contributed by atoms with van der Waals surface area (Å²) in [5.41, 5.74) is 7.00. The summed E-state index contributed by atoms with van der Waals surface area (Å²) in [6, 6.07) is 3.59. The van der Waals surface area contributed by atoms with Gasteiger partial charge in [0.05, 0.1) is 0 Å². The molecule has 0 unspecified atom stereocenters. The largest absolute Gasteiger partial charge is 0.384 e. The van der Waals surface area contributed by atoms with Crippen molar-refractivity contribution in [3.8, 4) is 12.3 Å². The van der Waals surface area contributed by atoms with Crippen molar-refractivity contribution in [3.63, 3.8) is 0 Å². The van der Waals surface area contributed by atoms with Crippen molar-refractivity contribution in [1.29, 1.82) is 0 Å². The number of anilines is 1. The highest BCUT2D eigenvalue weighted by Gasteiger charge is 1.94. The Morgan fingerprint density at radius 3 is 2.80 bits per heavy atom. The Balaban J connectivity index is 3.25. The first-order valence-electron chi connectivity index (χ1n) is 2.94. The van der Waals surface area contributed by atoms with Crippen LogP contribution in [0.2, 0.25) is 0 Å². The average Bonchev–Trinajstić information content (AvgIpc) is 1.94. The first kappa shape index (κ1) is 6.63. The van der Waals surface area contributed by atoms with E-state index in [1.165, 1.54) is 0 Å². The molecule has 0 aromatic carbocycles. The van der Waals surface area contributed by atoms with Crippen LogP contribution >= 0.6 is 0 Å². The summed E-state index contributed by atoms with van der Waals surface area (Å²) in [5.74, 6) is 2.92. The van der Waals surface area contributed by atoms with Crippen molar-refractivity contribution in [2.75, 3.05) is 5.73 Å². The fraction of sp³-hybridized carbons (Fsp3) is 0.125. The molecule has 0 saturated carbocycles. The Hall–Kier alpha value is -1.49.